The molecule has 0 aliphatic heterocycles. The van der Waals surface area contributed by atoms with Crippen molar-refractivity contribution < 1.29 is 0 Å². The second-order valence-electron chi connectivity index (χ2n) is 6.16. The fourth-order valence-electron chi connectivity index (χ4n) is 2.15. The van der Waals surface area contributed by atoms with E-state index in [1.807, 2.05) is 13.0 Å². The Morgan fingerprint density at radius 1 is 1.00 bits per heavy atom. The lowest BCUT2D eigenvalue weighted by Crippen LogP contribution is -2.10. The number of hydrogen-bond donors (Lipinski definition) is 1. The van der Waals surface area contributed by atoms with Crippen molar-refractivity contribution in [3.63, 3.8) is 0 Å². The standard InChI is InChI=1S/C17H22N2/c1-11-10-15(18)12(2)19-16(11)13-6-8-14(9-7-13)17(3,4)5/h6-10H,18H2,1-5H3. The zero-order valence-electron chi connectivity index (χ0n) is 12.4. The van der Waals surface area contributed by atoms with Gasteiger partial charge >= 0.3 is 0 Å². The summed E-state index contributed by atoms with van der Waals surface area (Å²) in [6.07, 6.45) is 0. The maximum absolute atomic E-state index is 5.89. The van der Waals surface area contributed by atoms with Gasteiger partial charge in [0.05, 0.1) is 17.1 Å². The highest BCUT2D eigenvalue weighted by molar-refractivity contribution is 5.66. The Morgan fingerprint density at radius 3 is 2.11 bits per heavy atom. The van der Waals surface area contributed by atoms with Gasteiger partial charge in [-0.2, -0.15) is 0 Å². The van der Waals surface area contributed by atoms with Crippen LogP contribution in [0.5, 0.6) is 0 Å². The van der Waals surface area contributed by atoms with Crippen molar-refractivity contribution in [2.24, 2.45) is 0 Å². The summed E-state index contributed by atoms with van der Waals surface area (Å²) >= 11 is 0. The van der Waals surface area contributed by atoms with Crippen molar-refractivity contribution >= 4 is 5.69 Å². The first kappa shape index (κ1) is 13.6. The van der Waals surface area contributed by atoms with Crippen molar-refractivity contribution in [1.29, 1.82) is 0 Å². The van der Waals surface area contributed by atoms with E-state index in [1.54, 1.807) is 0 Å². The predicted molar refractivity (Wildman–Crippen MR) is 82.3 cm³/mol. The maximum Gasteiger partial charge on any atom is 0.0735 e. The molecule has 2 N–H and O–H groups in total. The minimum Gasteiger partial charge on any atom is -0.397 e. The van der Waals surface area contributed by atoms with Crippen molar-refractivity contribution in [1.82, 2.24) is 4.98 Å². The van der Waals surface area contributed by atoms with E-state index < -0.39 is 0 Å². The molecule has 0 saturated heterocycles. The highest BCUT2D eigenvalue weighted by atomic mass is 14.8. The first-order valence-electron chi connectivity index (χ1n) is 6.63. The molecule has 0 radical (unpaired) electrons. The van der Waals surface area contributed by atoms with Crippen LogP contribution in [-0.2, 0) is 5.41 Å². The summed E-state index contributed by atoms with van der Waals surface area (Å²) in [6, 6.07) is 10.6. The third-order valence-electron chi connectivity index (χ3n) is 3.47. The zero-order valence-corrected chi connectivity index (χ0v) is 12.4. The molecule has 2 heteroatoms. The molecule has 1 aromatic heterocycles. The molecule has 2 nitrogen and oxygen atoms in total. The molecule has 0 spiro atoms. The Hall–Kier alpha value is -1.83. The molecule has 0 saturated carbocycles. The number of aryl methyl sites for hydroxylation is 2. The zero-order chi connectivity index (χ0) is 14.2. The van der Waals surface area contributed by atoms with E-state index in [-0.39, 0.29) is 5.41 Å². The van der Waals surface area contributed by atoms with Crippen molar-refractivity contribution in [2.75, 3.05) is 5.73 Å². The number of pyridine rings is 1. The maximum atomic E-state index is 5.89. The Labute approximate surface area is 115 Å². The average molecular weight is 254 g/mol. The Kier molecular flexibility index (Phi) is 3.36. The molecule has 0 bridgehead atoms. The van der Waals surface area contributed by atoms with Crippen LogP contribution < -0.4 is 5.73 Å². The first-order valence-corrected chi connectivity index (χ1v) is 6.63. The van der Waals surface area contributed by atoms with Crippen LogP contribution in [0.2, 0.25) is 0 Å². The van der Waals surface area contributed by atoms with E-state index in [2.05, 4.69) is 56.9 Å². The molecule has 1 heterocycles. The van der Waals surface area contributed by atoms with Crippen LogP contribution in [0.3, 0.4) is 0 Å². The fraction of sp³-hybridized carbons (Fsp3) is 0.353. The lowest BCUT2D eigenvalue weighted by Gasteiger charge is -2.19. The topological polar surface area (TPSA) is 38.9 Å². The number of aromatic nitrogens is 1. The van der Waals surface area contributed by atoms with Gasteiger partial charge in [0.1, 0.15) is 0 Å². The van der Waals surface area contributed by atoms with Crippen LogP contribution in [0.25, 0.3) is 11.3 Å². The van der Waals surface area contributed by atoms with Gasteiger partial charge in [0.2, 0.25) is 0 Å². The number of benzene rings is 1. The lowest BCUT2D eigenvalue weighted by molar-refractivity contribution is 0.590. The van der Waals surface area contributed by atoms with Gasteiger partial charge < -0.3 is 5.73 Å². The monoisotopic (exact) mass is 254 g/mol. The van der Waals surface area contributed by atoms with Crippen LogP contribution in [0.1, 0.15) is 37.6 Å². The van der Waals surface area contributed by atoms with Gasteiger partial charge in [-0.3, -0.25) is 4.98 Å². The summed E-state index contributed by atoms with van der Waals surface area (Å²) < 4.78 is 0. The molecule has 0 unspecified atom stereocenters. The lowest BCUT2D eigenvalue weighted by atomic mass is 9.86. The Bertz CT molecular complexity index is 590. The van der Waals surface area contributed by atoms with Gasteiger partial charge in [0.15, 0.2) is 0 Å². The van der Waals surface area contributed by atoms with Gasteiger partial charge in [0, 0.05) is 5.56 Å². The average Bonchev–Trinajstić information content (AvgIpc) is 2.33. The Morgan fingerprint density at radius 2 is 1.58 bits per heavy atom. The number of rotatable bonds is 1. The predicted octanol–water partition coefficient (Wildman–Crippen LogP) is 4.25. The van der Waals surface area contributed by atoms with E-state index in [0.717, 1.165) is 28.2 Å². The number of nitrogens with two attached hydrogens (primary N) is 1. The fourth-order valence-corrected chi connectivity index (χ4v) is 2.15. The molecule has 2 aromatic rings. The molecular formula is C17H22N2. The summed E-state index contributed by atoms with van der Waals surface area (Å²) in [5.74, 6) is 0. The van der Waals surface area contributed by atoms with Crippen molar-refractivity contribution in [2.45, 2.75) is 40.0 Å². The third kappa shape index (κ3) is 2.78. The van der Waals surface area contributed by atoms with Crippen molar-refractivity contribution in [3.8, 4) is 11.3 Å². The van der Waals surface area contributed by atoms with E-state index >= 15 is 0 Å². The molecular weight excluding hydrogens is 232 g/mol. The minimum absolute atomic E-state index is 0.179. The van der Waals surface area contributed by atoms with Crippen LogP contribution in [0, 0.1) is 13.8 Å². The number of nitrogens with zero attached hydrogens (tertiary/aromatic N) is 1. The molecule has 100 valence electrons. The molecule has 19 heavy (non-hydrogen) atoms. The smallest absolute Gasteiger partial charge is 0.0735 e. The van der Waals surface area contributed by atoms with E-state index in [1.165, 1.54) is 5.56 Å². The largest absolute Gasteiger partial charge is 0.397 e. The third-order valence-corrected chi connectivity index (χ3v) is 3.47. The molecule has 0 aliphatic carbocycles. The van der Waals surface area contributed by atoms with Crippen LogP contribution in [0.15, 0.2) is 30.3 Å². The first-order chi connectivity index (χ1) is 8.79. The van der Waals surface area contributed by atoms with E-state index in [0.29, 0.717) is 0 Å². The number of anilines is 1. The second kappa shape index (κ2) is 4.69. The van der Waals surface area contributed by atoms with E-state index in [4.69, 9.17) is 5.73 Å². The molecule has 0 amide bonds. The molecule has 0 aliphatic rings. The van der Waals surface area contributed by atoms with Gasteiger partial charge in [-0.1, -0.05) is 45.0 Å². The molecule has 1 aromatic carbocycles. The summed E-state index contributed by atoms with van der Waals surface area (Å²) in [4.78, 5) is 4.61. The molecule has 0 fully saturated rings. The van der Waals surface area contributed by atoms with Crippen LogP contribution in [0.4, 0.5) is 5.69 Å². The summed E-state index contributed by atoms with van der Waals surface area (Å²) in [7, 11) is 0. The highest BCUT2D eigenvalue weighted by Gasteiger charge is 2.14. The van der Waals surface area contributed by atoms with Gasteiger partial charge in [0.25, 0.3) is 0 Å². The summed E-state index contributed by atoms with van der Waals surface area (Å²) in [5, 5.41) is 0. The molecule has 0 atom stereocenters. The van der Waals surface area contributed by atoms with Gasteiger partial charge in [-0.05, 0) is 36.5 Å². The quantitative estimate of drug-likeness (QED) is 0.826. The van der Waals surface area contributed by atoms with Crippen LogP contribution in [-0.4, -0.2) is 4.98 Å². The van der Waals surface area contributed by atoms with Gasteiger partial charge in [-0.25, -0.2) is 0 Å². The summed E-state index contributed by atoms with van der Waals surface area (Å²) in [5.41, 5.74) is 12.3. The minimum atomic E-state index is 0.179. The number of nitrogen functional groups attached to an aromatic ring is 1. The van der Waals surface area contributed by atoms with Gasteiger partial charge in [-0.15, -0.1) is 0 Å². The SMILES string of the molecule is Cc1cc(N)c(C)nc1-c1ccc(C(C)(C)C)cc1. The van der Waals surface area contributed by atoms with Crippen molar-refractivity contribution in [3.05, 3.63) is 47.2 Å². The Balaban J connectivity index is 2.46. The van der Waals surface area contributed by atoms with E-state index in [9.17, 15) is 0 Å². The number of hydrogen-bond acceptors (Lipinski definition) is 2. The second-order valence-corrected chi connectivity index (χ2v) is 6.16. The molecule has 2 rings (SSSR count). The van der Waals surface area contributed by atoms with Crippen LogP contribution >= 0.6 is 0 Å². The highest BCUT2D eigenvalue weighted by Crippen LogP contribution is 2.28. The normalized spacial score (nSPS) is 11.6. The summed E-state index contributed by atoms with van der Waals surface area (Å²) in [6.45, 7) is 10.7.